The molecule has 1 aliphatic heterocycles. The van der Waals surface area contributed by atoms with Crippen LogP contribution in [0.25, 0.3) is 5.57 Å². The fourth-order valence-corrected chi connectivity index (χ4v) is 2.58. The van der Waals surface area contributed by atoms with Crippen LogP contribution < -0.4 is 0 Å². The maximum atomic E-state index is 10.8. The number of carbonyl (C=O) groups is 1. The Morgan fingerprint density at radius 3 is 2.73 bits per heavy atom. The van der Waals surface area contributed by atoms with Crippen molar-refractivity contribution in [3.8, 4) is 0 Å². The lowest BCUT2D eigenvalue weighted by Crippen LogP contribution is -2.28. The second kappa shape index (κ2) is 6.34. The largest absolute Gasteiger partial charge is 0.476 e. The summed E-state index contributed by atoms with van der Waals surface area (Å²) < 4.78 is 5.18. The molecule has 22 heavy (non-hydrogen) atoms. The molecule has 0 bridgehead atoms. The molecule has 114 valence electrons. The fraction of sp³-hybridized carbons (Fsp3) is 0.250. The third-order valence-electron chi connectivity index (χ3n) is 3.64. The molecule has 0 amide bonds. The highest BCUT2D eigenvalue weighted by Crippen LogP contribution is 2.24. The highest BCUT2D eigenvalue weighted by Gasteiger charge is 2.17. The van der Waals surface area contributed by atoms with E-state index in [1.54, 1.807) is 0 Å². The van der Waals surface area contributed by atoms with Crippen LogP contribution in [0.1, 0.15) is 28.4 Å². The molecular weight excluding hydrogens is 304 g/mol. The molecular formula is C16H15ClN2O3. The summed E-state index contributed by atoms with van der Waals surface area (Å²) in [5.41, 5.74) is 2.43. The molecule has 1 aliphatic rings. The topological polar surface area (TPSA) is 66.6 Å². The van der Waals surface area contributed by atoms with Gasteiger partial charge in [-0.3, -0.25) is 4.90 Å². The Hall–Kier alpha value is -2.11. The number of benzene rings is 1. The number of rotatable bonds is 4. The predicted molar refractivity (Wildman–Crippen MR) is 82.8 cm³/mol. The third-order valence-corrected chi connectivity index (χ3v) is 3.89. The van der Waals surface area contributed by atoms with Crippen LogP contribution >= 0.6 is 11.6 Å². The summed E-state index contributed by atoms with van der Waals surface area (Å²) in [7, 11) is 0. The van der Waals surface area contributed by atoms with Crippen molar-refractivity contribution in [1.29, 1.82) is 0 Å². The third kappa shape index (κ3) is 3.37. The lowest BCUT2D eigenvalue weighted by Gasteiger charge is -2.25. The van der Waals surface area contributed by atoms with Crippen LogP contribution in [0, 0.1) is 0 Å². The van der Waals surface area contributed by atoms with Gasteiger partial charge in [-0.2, -0.15) is 0 Å². The molecule has 2 aromatic rings. The molecule has 2 heterocycles. The van der Waals surface area contributed by atoms with Crippen LogP contribution in [0.2, 0.25) is 5.02 Å². The maximum absolute atomic E-state index is 10.8. The van der Waals surface area contributed by atoms with Gasteiger partial charge in [-0.05, 0) is 29.7 Å². The van der Waals surface area contributed by atoms with Crippen molar-refractivity contribution in [1.82, 2.24) is 9.88 Å². The van der Waals surface area contributed by atoms with Gasteiger partial charge in [0.1, 0.15) is 6.26 Å². The number of halogens is 1. The van der Waals surface area contributed by atoms with E-state index < -0.39 is 5.97 Å². The Morgan fingerprint density at radius 2 is 2.14 bits per heavy atom. The normalized spacial score (nSPS) is 15.6. The number of carboxylic acids is 1. The summed E-state index contributed by atoms with van der Waals surface area (Å²) in [4.78, 5) is 16.9. The highest BCUT2D eigenvalue weighted by molar-refractivity contribution is 6.30. The first-order valence-corrected chi connectivity index (χ1v) is 7.34. The number of aromatic nitrogens is 1. The van der Waals surface area contributed by atoms with Crippen molar-refractivity contribution in [3.63, 3.8) is 0 Å². The summed E-state index contributed by atoms with van der Waals surface area (Å²) in [6.45, 7) is 2.17. The van der Waals surface area contributed by atoms with Crippen molar-refractivity contribution in [2.24, 2.45) is 0 Å². The number of oxazole rings is 1. The smallest absolute Gasteiger partial charge is 0.357 e. The van der Waals surface area contributed by atoms with Crippen molar-refractivity contribution in [2.75, 3.05) is 13.1 Å². The summed E-state index contributed by atoms with van der Waals surface area (Å²) in [5, 5.41) is 9.57. The van der Waals surface area contributed by atoms with E-state index in [1.807, 2.05) is 24.3 Å². The number of hydrogen-bond acceptors (Lipinski definition) is 4. The molecule has 0 atom stereocenters. The van der Waals surface area contributed by atoms with Gasteiger partial charge in [-0.1, -0.05) is 29.8 Å². The molecule has 0 fully saturated rings. The molecule has 1 N–H and O–H groups in total. The van der Waals surface area contributed by atoms with E-state index >= 15 is 0 Å². The molecule has 0 aliphatic carbocycles. The molecule has 3 rings (SSSR count). The minimum absolute atomic E-state index is 0.0515. The van der Waals surface area contributed by atoms with E-state index in [0.29, 0.717) is 12.4 Å². The SMILES string of the molecule is O=C(O)c1coc(CN2CC=C(c3ccc(Cl)cc3)CC2)n1. The lowest BCUT2D eigenvalue weighted by atomic mass is 10.00. The van der Waals surface area contributed by atoms with Gasteiger partial charge >= 0.3 is 5.97 Å². The average molecular weight is 319 g/mol. The zero-order valence-corrected chi connectivity index (χ0v) is 12.6. The molecule has 1 aromatic carbocycles. The maximum Gasteiger partial charge on any atom is 0.357 e. The first kappa shape index (κ1) is 14.8. The first-order valence-electron chi connectivity index (χ1n) is 6.97. The van der Waals surface area contributed by atoms with Gasteiger partial charge in [0.2, 0.25) is 5.89 Å². The Balaban J connectivity index is 1.62. The zero-order chi connectivity index (χ0) is 15.5. The van der Waals surface area contributed by atoms with Gasteiger partial charge in [-0.15, -0.1) is 0 Å². The van der Waals surface area contributed by atoms with E-state index in [1.165, 1.54) is 17.4 Å². The minimum atomic E-state index is -1.07. The van der Waals surface area contributed by atoms with Crippen LogP contribution in [0.4, 0.5) is 0 Å². The molecule has 5 nitrogen and oxygen atoms in total. The standard InChI is InChI=1S/C16H15ClN2O3/c17-13-3-1-11(2-4-13)12-5-7-19(8-6-12)9-15-18-14(10-22-15)16(20)21/h1-5,10H,6-9H2,(H,20,21). The molecule has 1 aromatic heterocycles. The Labute approximate surface area is 132 Å². The second-order valence-electron chi connectivity index (χ2n) is 5.15. The molecule has 0 spiro atoms. The van der Waals surface area contributed by atoms with Crippen molar-refractivity contribution < 1.29 is 14.3 Å². The van der Waals surface area contributed by atoms with Crippen LogP contribution in [-0.2, 0) is 6.54 Å². The van der Waals surface area contributed by atoms with Gasteiger partial charge in [0.05, 0.1) is 6.54 Å². The molecule has 0 saturated heterocycles. The summed E-state index contributed by atoms with van der Waals surface area (Å²) in [6.07, 6.45) is 4.28. The van der Waals surface area contributed by atoms with Gasteiger partial charge in [0, 0.05) is 18.1 Å². The number of carboxylic acid groups (broad SMARTS) is 1. The number of aromatic carboxylic acids is 1. The van der Waals surface area contributed by atoms with Crippen molar-refractivity contribution >= 4 is 23.1 Å². The Bertz CT molecular complexity index is 706. The fourth-order valence-electron chi connectivity index (χ4n) is 2.45. The highest BCUT2D eigenvalue weighted by atomic mass is 35.5. The van der Waals surface area contributed by atoms with Crippen molar-refractivity contribution in [3.05, 3.63) is 58.8 Å². The average Bonchev–Trinajstić information content (AvgIpc) is 2.98. The van der Waals surface area contributed by atoms with Crippen LogP contribution in [0.3, 0.4) is 0 Å². The molecule has 6 heteroatoms. The molecule has 0 radical (unpaired) electrons. The number of nitrogens with zero attached hydrogens (tertiary/aromatic N) is 2. The lowest BCUT2D eigenvalue weighted by molar-refractivity contribution is 0.0690. The van der Waals surface area contributed by atoms with E-state index in [9.17, 15) is 4.79 Å². The first-order chi connectivity index (χ1) is 10.6. The Morgan fingerprint density at radius 1 is 1.36 bits per heavy atom. The van der Waals surface area contributed by atoms with E-state index in [-0.39, 0.29) is 5.69 Å². The van der Waals surface area contributed by atoms with Gasteiger partial charge < -0.3 is 9.52 Å². The summed E-state index contributed by atoms with van der Waals surface area (Å²) in [6, 6.07) is 7.84. The van der Waals surface area contributed by atoms with Crippen LogP contribution in [0.15, 0.2) is 41.0 Å². The van der Waals surface area contributed by atoms with Crippen molar-refractivity contribution in [2.45, 2.75) is 13.0 Å². The van der Waals surface area contributed by atoms with E-state index in [4.69, 9.17) is 21.1 Å². The quantitative estimate of drug-likeness (QED) is 0.936. The summed E-state index contributed by atoms with van der Waals surface area (Å²) in [5.74, 6) is -0.640. The number of hydrogen-bond donors (Lipinski definition) is 1. The zero-order valence-electron chi connectivity index (χ0n) is 11.8. The molecule has 0 saturated carbocycles. The summed E-state index contributed by atoms with van der Waals surface area (Å²) >= 11 is 5.90. The van der Waals surface area contributed by atoms with Gasteiger partial charge in [0.25, 0.3) is 0 Å². The van der Waals surface area contributed by atoms with E-state index in [2.05, 4.69) is 16.0 Å². The predicted octanol–water partition coefficient (Wildman–Crippen LogP) is 3.32. The minimum Gasteiger partial charge on any atom is -0.476 e. The van der Waals surface area contributed by atoms with E-state index in [0.717, 1.165) is 24.5 Å². The second-order valence-corrected chi connectivity index (χ2v) is 5.59. The molecule has 0 unspecified atom stereocenters. The monoisotopic (exact) mass is 318 g/mol. The van der Waals surface area contributed by atoms with Crippen LogP contribution in [0.5, 0.6) is 0 Å². The van der Waals surface area contributed by atoms with Crippen LogP contribution in [-0.4, -0.2) is 34.0 Å². The van der Waals surface area contributed by atoms with Gasteiger partial charge in [0.15, 0.2) is 5.69 Å². The Kier molecular flexibility index (Phi) is 4.27. The van der Waals surface area contributed by atoms with Gasteiger partial charge in [-0.25, -0.2) is 9.78 Å².